The fraction of sp³-hybridized carbons (Fsp3) is 0.740. The minimum Gasteiger partial charge on any atom is -0.387 e. The van der Waals surface area contributed by atoms with Crippen LogP contribution in [0.4, 0.5) is 0 Å². The van der Waals surface area contributed by atoms with Crippen molar-refractivity contribution in [3.63, 3.8) is 0 Å². The maximum absolute atomic E-state index is 12.9. The van der Waals surface area contributed by atoms with Crippen LogP contribution in [0.1, 0.15) is 187 Å². The van der Waals surface area contributed by atoms with Crippen molar-refractivity contribution in [2.24, 2.45) is 0 Å². The van der Waals surface area contributed by atoms with Crippen LogP contribution in [0.3, 0.4) is 0 Å². The first-order chi connectivity index (χ1) is 28.5. The second kappa shape index (κ2) is 41.3. The molecule has 1 amide bonds. The summed E-state index contributed by atoms with van der Waals surface area (Å²) in [6.07, 6.45) is 55.5. The Morgan fingerprint density at radius 3 is 1.56 bits per heavy atom. The number of hydrogen-bond acceptors (Lipinski definition) is 5. The number of amides is 1. The largest absolute Gasteiger partial charge is 0.472 e. The van der Waals surface area contributed by atoms with E-state index in [9.17, 15) is 19.4 Å². The van der Waals surface area contributed by atoms with E-state index in [1.54, 1.807) is 6.08 Å². The molecule has 3 atom stereocenters. The molecule has 0 radical (unpaired) electrons. The average molecular weight is 848 g/mol. The molecule has 0 saturated heterocycles. The molecule has 0 aromatic carbocycles. The number of phosphoric acid groups is 1. The fourth-order valence-corrected chi connectivity index (χ4v) is 7.14. The molecule has 9 heteroatoms. The number of carbonyl (C=O) groups is 1. The van der Waals surface area contributed by atoms with E-state index < -0.39 is 20.0 Å². The molecule has 0 aliphatic carbocycles. The Hall–Kier alpha value is -2.06. The van der Waals surface area contributed by atoms with Crippen molar-refractivity contribution < 1.29 is 32.9 Å². The van der Waals surface area contributed by atoms with Crippen LogP contribution in [0.2, 0.25) is 0 Å². The lowest BCUT2D eigenvalue weighted by Crippen LogP contribution is -2.45. The van der Waals surface area contributed by atoms with E-state index in [0.717, 1.165) is 64.2 Å². The minimum atomic E-state index is -4.35. The van der Waals surface area contributed by atoms with E-state index in [1.165, 1.54) is 103 Å². The Kier molecular flexibility index (Phi) is 39.9. The number of allylic oxidation sites excluding steroid dienone is 11. The van der Waals surface area contributed by atoms with Crippen molar-refractivity contribution in [1.29, 1.82) is 0 Å². The SMILES string of the molecule is CC/C=C\C/C=C\C/C=C\C/C=C\CCCCCCCCCCCCC(=O)NC(COP(=O)(O)OCC[N+](C)(C)C)C(O)/C=C/CC/C=C/CCCCCCCCCC. The lowest BCUT2D eigenvalue weighted by molar-refractivity contribution is -0.870. The van der Waals surface area contributed by atoms with Crippen LogP contribution in [0.5, 0.6) is 0 Å². The Bertz CT molecular complexity index is 1190. The number of likely N-dealkylation sites (N-methyl/N-ethyl adjacent to an activating group) is 1. The molecular weight excluding hydrogens is 756 g/mol. The van der Waals surface area contributed by atoms with Gasteiger partial charge in [0.1, 0.15) is 13.2 Å². The van der Waals surface area contributed by atoms with Crippen molar-refractivity contribution >= 4 is 13.7 Å². The molecule has 0 rings (SSSR count). The second-order valence-electron chi connectivity index (χ2n) is 17.1. The number of aliphatic hydroxyl groups is 1. The molecule has 0 aromatic heterocycles. The Balaban J connectivity index is 4.36. The Morgan fingerprint density at radius 2 is 1.03 bits per heavy atom. The highest BCUT2D eigenvalue weighted by Crippen LogP contribution is 2.43. The summed E-state index contributed by atoms with van der Waals surface area (Å²) in [7, 11) is 1.54. The summed E-state index contributed by atoms with van der Waals surface area (Å²) in [6.45, 7) is 4.66. The van der Waals surface area contributed by atoms with Gasteiger partial charge in [-0.1, -0.05) is 183 Å². The summed E-state index contributed by atoms with van der Waals surface area (Å²) in [5.41, 5.74) is 0. The highest BCUT2D eigenvalue weighted by atomic mass is 31.2. The third-order valence-electron chi connectivity index (χ3n) is 10.2. The molecule has 0 saturated carbocycles. The van der Waals surface area contributed by atoms with Gasteiger partial charge < -0.3 is 19.8 Å². The number of nitrogens with zero attached hydrogens (tertiary/aromatic N) is 1. The van der Waals surface area contributed by atoms with Crippen molar-refractivity contribution in [3.05, 3.63) is 72.9 Å². The lowest BCUT2D eigenvalue weighted by atomic mass is 10.0. The number of carbonyl (C=O) groups excluding carboxylic acids is 1. The first-order valence-electron chi connectivity index (χ1n) is 23.8. The number of nitrogens with one attached hydrogen (secondary N) is 1. The van der Waals surface area contributed by atoms with Crippen LogP contribution >= 0.6 is 7.82 Å². The lowest BCUT2D eigenvalue weighted by Gasteiger charge is -2.25. The quantitative estimate of drug-likeness (QED) is 0.0245. The molecule has 342 valence electrons. The molecule has 0 aromatic rings. The molecule has 0 aliphatic heterocycles. The number of phosphoric ester groups is 1. The first-order valence-corrected chi connectivity index (χ1v) is 25.3. The van der Waals surface area contributed by atoms with Crippen LogP contribution in [0.25, 0.3) is 0 Å². The van der Waals surface area contributed by atoms with E-state index in [-0.39, 0.29) is 19.1 Å². The molecule has 3 N–H and O–H groups in total. The first kappa shape index (κ1) is 56.9. The summed E-state index contributed by atoms with van der Waals surface area (Å²) in [4.78, 5) is 23.2. The van der Waals surface area contributed by atoms with E-state index in [0.29, 0.717) is 17.4 Å². The van der Waals surface area contributed by atoms with Crippen LogP contribution < -0.4 is 5.32 Å². The van der Waals surface area contributed by atoms with Crippen LogP contribution in [-0.2, 0) is 18.4 Å². The second-order valence-corrected chi connectivity index (χ2v) is 18.5. The van der Waals surface area contributed by atoms with Crippen molar-refractivity contribution in [1.82, 2.24) is 5.32 Å². The maximum atomic E-state index is 12.9. The van der Waals surface area contributed by atoms with Gasteiger partial charge in [-0.3, -0.25) is 13.8 Å². The van der Waals surface area contributed by atoms with Gasteiger partial charge in [-0.15, -0.1) is 0 Å². The van der Waals surface area contributed by atoms with Gasteiger partial charge in [-0.2, -0.15) is 0 Å². The van der Waals surface area contributed by atoms with Crippen molar-refractivity contribution in [2.45, 2.75) is 199 Å². The molecular formula is C50H92N2O6P+. The predicted octanol–water partition coefficient (Wildman–Crippen LogP) is 13.6. The molecule has 0 aliphatic rings. The van der Waals surface area contributed by atoms with Crippen LogP contribution in [-0.4, -0.2) is 73.4 Å². The summed E-state index contributed by atoms with van der Waals surface area (Å²) >= 11 is 0. The van der Waals surface area contributed by atoms with Crippen molar-refractivity contribution in [3.8, 4) is 0 Å². The summed E-state index contributed by atoms with van der Waals surface area (Å²) < 4.78 is 23.6. The summed E-state index contributed by atoms with van der Waals surface area (Å²) in [6, 6.07) is -0.868. The van der Waals surface area contributed by atoms with Gasteiger partial charge in [0.2, 0.25) is 5.91 Å². The van der Waals surface area contributed by atoms with Crippen LogP contribution in [0, 0.1) is 0 Å². The van der Waals surface area contributed by atoms with Gasteiger partial charge in [-0.25, -0.2) is 4.57 Å². The zero-order valence-corrected chi connectivity index (χ0v) is 39.6. The molecule has 59 heavy (non-hydrogen) atoms. The monoisotopic (exact) mass is 848 g/mol. The van der Waals surface area contributed by atoms with Gasteiger partial charge in [0.25, 0.3) is 0 Å². The normalized spacial score (nSPS) is 14.9. The highest BCUT2D eigenvalue weighted by molar-refractivity contribution is 7.47. The zero-order valence-electron chi connectivity index (χ0n) is 38.7. The van der Waals surface area contributed by atoms with Crippen molar-refractivity contribution in [2.75, 3.05) is 40.9 Å². The predicted molar refractivity (Wildman–Crippen MR) is 253 cm³/mol. The molecule has 0 bridgehead atoms. The molecule has 8 nitrogen and oxygen atoms in total. The third kappa shape index (κ3) is 43.8. The number of hydrogen-bond donors (Lipinski definition) is 3. The number of quaternary nitrogens is 1. The maximum Gasteiger partial charge on any atom is 0.472 e. The number of unbranched alkanes of at least 4 members (excludes halogenated alkanes) is 19. The highest BCUT2D eigenvalue weighted by Gasteiger charge is 2.27. The standard InChI is InChI=1S/C50H91N2O6P/c1-6-8-10-12-14-16-18-20-22-23-24-25-26-27-28-29-30-32-34-36-38-40-42-44-50(54)51-48(47-58-59(55,56)57-46-45-52(3,4)5)49(53)43-41-39-37-35-33-31-21-19-17-15-13-11-9-7-2/h8,10,14,16,20,22,24-25,33,35,41,43,48-49,53H,6-7,9,11-13,15,17-19,21,23,26-32,34,36-40,42,44-47H2,1-5H3,(H-,51,54,55,56)/p+1/b10-8-,16-14-,22-20-,25-24-,35-33+,43-41+. The van der Waals surface area contributed by atoms with Gasteiger partial charge >= 0.3 is 7.82 Å². The van der Waals surface area contributed by atoms with E-state index in [1.807, 2.05) is 27.2 Å². The molecule has 0 fully saturated rings. The van der Waals surface area contributed by atoms with E-state index >= 15 is 0 Å². The van der Waals surface area contributed by atoms with Gasteiger partial charge in [0.15, 0.2) is 0 Å². The average Bonchev–Trinajstić information content (AvgIpc) is 3.19. The topological polar surface area (TPSA) is 105 Å². The zero-order chi connectivity index (χ0) is 43.6. The number of aliphatic hydroxyl groups excluding tert-OH is 1. The smallest absolute Gasteiger partial charge is 0.387 e. The molecule has 0 spiro atoms. The molecule has 0 heterocycles. The van der Waals surface area contributed by atoms with Crippen LogP contribution in [0.15, 0.2) is 72.9 Å². The Labute approximate surface area is 364 Å². The summed E-state index contributed by atoms with van der Waals surface area (Å²) in [5.74, 6) is -0.195. The van der Waals surface area contributed by atoms with E-state index in [2.05, 4.69) is 79.9 Å². The van der Waals surface area contributed by atoms with E-state index in [4.69, 9.17) is 9.05 Å². The number of rotatable bonds is 42. The van der Waals surface area contributed by atoms with Gasteiger partial charge in [0.05, 0.1) is 39.9 Å². The van der Waals surface area contributed by atoms with Gasteiger partial charge in [0, 0.05) is 6.42 Å². The summed E-state index contributed by atoms with van der Waals surface area (Å²) in [5, 5.41) is 13.8. The Morgan fingerprint density at radius 1 is 0.593 bits per heavy atom. The minimum absolute atomic E-state index is 0.0522. The fourth-order valence-electron chi connectivity index (χ4n) is 6.40. The third-order valence-corrected chi connectivity index (χ3v) is 11.1. The molecule has 3 unspecified atom stereocenters. The van der Waals surface area contributed by atoms with Gasteiger partial charge in [-0.05, 0) is 70.6 Å².